The van der Waals surface area contributed by atoms with E-state index in [4.69, 9.17) is 10.5 Å². The van der Waals surface area contributed by atoms with Gasteiger partial charge in [0, 0.05) is 6.04 Å². The van der Waals surface area contributed by atoms with Gasteiger partial charge in [-0.25, -0.2) is 0 Å². The Balaban J connectivity index is 2.09. The number of hydrogen-bond acceptors (Lipinski definition) is 5. The maximum Gasteiger partial charge on any atom is 0.336 e. The Morgan fingerprint density at radius 1 is 1.05 bits per heavy atom. The van der Waals surface area contributed by atoms with Crippen molar-refractivity contribution < 1.29 is 4.74 Å². The Morgan fingerprint density at radius 2 is 1.79 bits per heavy atom. The van der Waals surface area contributed by atoms with Gasteiger partial charge in [0.2, 0.25) is 0 Å². The smallest absolute Gasteiger partial charge is 0.336 e. The maximum absolute atomic E-state index is 6.15. The summed E-state index contributed by atoms with van der Waals surface area (Å²) < 4.78 is 5.88. The lowest BCUT2D eigenvalue weighted by molar-refractivity contribution is 0.146. The van der Waals surface area contributed by atoms with Crippen molar-refractivity contribution in [3.8, 4) is 6.01 Å². The van der Waals surface area contributed by atoms with Crippen LogP contribution < -0.4 is 10.5 Å². The number of aryl methyl sites for hydroxylation is 2. The van der Waals surface area contributed by atoms with E-state index in [9.17, 15) is 0 Å². The molecule has 1 fully saturated rings. The average Bonchev–Trinajstić information content (AvgIpc) is 2.64. The quantitative estimate of drug-likeness (QED) is 0.842. The molecular weight excluding hydrogens is 240 g/mol. The Labute approximate surface area is 115 Å². The fraction of sp³-hybridized carbons (Fsp3) is 0.786. The molecule has 2 rings (SSSR count). The zero-order valence-electron chi connectivity index (χ0n) is 11.9. The lowest BCUT2D eigenvalue weighted by Gasteiger charge is -2.21. The van der Waals surface area contributed by atoms with E-state index < -0.39 is 0 Å². The third-order valence-corrected chi connectivity index (χ3v) is 3.75. The summed E-state index contributed by atoms with van der Waals surface area (Å²) in [5.41, 5.74) is 8.09. The van der Waals surface area contributed by atoms with Crippen molar-refractivity contribution >= 4 is 0 Å². The van der Waals surface area contributed by atoms with Gasteiger partial charge >= 0.3 is 6.01 Å². The lowest BCUT2D eigenvalue weighted by atomic mass is 10.1. The third-order valence-electron chi connectivity index (χ3n) is 3.75. The van der Waals surface area contributed by atoms with Crippen LogP contribution in [-0.4, -0.2) is 27.3 Å². The molecule has 0 aromatic carbocycles. The summed E-state index contributed by atoms with van der Waals surface area (Å²) in [5, 5.41) is 8.28. The number of hydrogen-bond donors (Lipinski definition) is 1. The van der Waals surface area contributed by atoms with Gasteiger partial charge in [-0.05, 0) is 32.1 Å². The second-order valence-corrected chi connectivity index (χ2v) is 5.15. The average molecular weight is 264 g/mol. The number of aromatic nitrogens is 3. The van der Waals surface area contributed by atoms with Crippen LogP contribution in [0.3, 0.4) is 0 Å². The highest BCUT2D eigenvalue weighted by Gasteiger charge is 2.23. The Hall–Kier alpha value is -1.23. The monoisotopic (exact) mass is 264 g/mol. The molecule has 5 nitrogen and oxygen atoms in total. The molecule has 0 amide bonds. The first-order valence-corrected chi connectivity index (χ1v) is 7.39. The van der Waals surface area contributed by atoms with Crippen LogP contribution in [0.15, 0.2) is 0 Å². The minimum atomic E-state index is 0.0292. The van der Waals surface area contributed by atoms with Crippen molar-refractivity contribution in [3.63, 3.8) is 0 Å². The molecule has 1 aromatic heterocycles. The first kappa shape index (κ1) is 14.2. The summed E-state index contributed by atoms with van der Waals surface area (Å²) in [6, 6.07) is 0.471. The van der Waals surface area contributed by atoms with E-state index in [1.807, 2.05) is 0 Å². The molecule has 1 aliphatic rings. The molecule has 1 saturated carbocycles. The molecule has 0 saturated heterocycles. The van der Waals surface area contributed by atoms with Crippen molar-refractivity contribution in [2.75, 3.05) is 0 Å². The molecule has 5 heteroatoms. The Bertz CT molecular complexity index is 410. The van der Waals surface area contributed by atoms with E-state index in [0.29, 0.717) is 6.01 Å². The molecule has 0 spiro atoms. The van der Waals surface area contributed by atoms with E-state index in [1.54, 1.807) is 0 Å². The van der Waals surface area contributed by atoms with Crippen LogP contribution >= 0.6 is 0 Å². The number of ether oxygens (including phenoxy) is 1. The van der Waals surface area contributed by atoms with Crippen LogP contribution in [0.5, 0.6) is 6.01 Å². The van der Waals surface area contributed by atoms with Gasteiger partial charge in [-0.1, -0.05) is 31.8 Å². The first-order valence-electron chi connectivity index (χ1n) is 7.39. The van der Waals surface area contributed by atoms with Crippen molar-refractivity contribution in [2.45, 2.75) is 70.9 Å². The summed E-state index contributed by atoms with van der Waals surface area (Å²) >= 11 is 0. The largest absolute Gasteiger partial charge is 0.457 e. The highest BCUT2D eigenvalue weighted by molar-refractivity contribution is 5.12. The molecule has 2 N–H and O–H groups in total. The summed E-state index contributed by atoms with van der Waals surface area (Å²) in [5.74, 6) is 0. The Kier molecular flexibility index (Phi) is 5.07. The highest BCUT2D eigenvalue weighted by Crippen LogP contribution is 2.20. The Morgan fingerprint density at radius 3 is 2.53 bits per heavy atom. The number of nitrogens with two attached hydrogens (primary N) is 1. The van der Waals surface area contributed by atoms with Gasteiger partial charge in [0.05, 0.1) is 11.4 Å². The molecule has 0 aliphatic heterocycles. The normalized spacial score (nSPS) is 23.9. The second kappa shape index (κ2) is 6.80. The molecule has 19 heavy (non-hydrogen) atoms. The second-order valence-electron chi connectivity index (χ2n) is 5.15. The van der Waals surface area contributed by atoms with Gasteiger partial charge in [0.1, 0.15) is 6.10 Å². The third kappa shape index (κ3) is 3.62. The maximum atomic E-state index is 6.15. The molecule has 106 valence electrons. The summed E-state index contributed by atoms with van der Waals surface area (Å²) in [6.45, 7) is 4.14. The summed E-state index contributed by atoms with van der Waals surface area (Å²) in [6.07, 6.45) is 7.34. The van der Waals surface area contributed by atoms with Gasteiger partial charge in [-0.3, -0.25) is 0 Å². The van der Waals surface area contributed by atoms with E-state index in [1.165, 1.54) is 19.3 Å². The van der Waals surface area contributed by atoms with Gasteiger partial charge in [-0.2, -0.15) is 4.98 Å². The van der Waals surface area contributed by atoms with Crippen LogP contribution in [0.25, 0.3) is 0 Å². The first-order chi connectivity index (χ1) is 9.24. The topological polar surface area (TPSA) is 73.9 Å². The van der Waals surface area contributed by atoms with Gasteiger partial charge in [-0.15, -0.1) is 5.10 Å². The van der Waals surface area contributed by atoms with E-state index in [0.717, 1.165) is 37.1 Å². The lowest BCUT2D eigenvalue weighted by Crippen LogP contribution is -2.38. The zero-order chi connectivity index (χ0) is 13.7. The van der Waals surface area contributed by atoms with E-state index >= 15 is 0 Å². The molecule has 1 aliphatic carbocycles. The fourth-order valence-electron chi connectivity index (χ4n) is 2.56. The highest BCUT2D eigenvalue weighted by atomic mass is 16.5. The summed E-state index contributed by atoms with van der Waals surface area (Å²) in [7, 11) is 0. The predicted molar refractivity (Wildman–Crippen MR) is 74.1 cm³/mol. The molecule has 2 unspecified atom stereocenters. The van der Waals surface area contributed by atoms with Gasteiger partial charge in [0.15, 0.2) is 0 Å². The van der Waals surface area contributed by atoms with Crippen LogP contribution in [0.4, 0.5) is 0 Å². The molecular formula is C14H24N4O. The van der Waals surface area contributed by atoms with E-state index in [2.05, 4.69) is 29.0 Å². The minimum absolute atomic E-state index is 0.0292. The fourth-order valence-corrected chi connectivity index (χ4v) is 2.56. The SMILES string of the molecule is CCc1nnc(OC2CCCCCC2N)nc1CC. The van der Waals surface area contributed by atoms with Crippen LogP contribution in [0, 0.1) is 0 Å². The molecule has 2 atom stereocenters. The molecule has 0 bridgehead atoms. The van der Waals surface area contributed by atoms with Crippen LogP contribution in [0.2, 0.25) is 0 Å². The molecule has 0 radical (unpaired) electrons. The predicted octanol–water partition coefficient (Wildman–Crippen LogP) is 2.04. The van der Waals surface area contributed by atoms with Crippen molar-refractivity contribution in [1.29, 1.82) is 0 Å². The zero-order valence-corrected chi connectivity index (χ0v) is 11.9. The minimum Gasteiger partial charge on any atom is -0.457 e. The number of rotatable bonds is 4. The number of nitrogens with zero attached hydrogens (tertiary/aromatic N) is 3. The van der Waals surface area contributed by atoms with Crippen molar-refractivity contribution in [2.24, 2.45) is 5.73 Å². The van der Waals surface area contributed by atoms with E-state index in [-0.39, 0.29) is 12.1 Å². The van der Waals surface area contributed by atoms with Gasteiger partial charge < -0.3 is 10.5 Å². The van der Waals surface area contributed by atoms with Crippen molar-refractivity contribution in [3.05, 3.63) is 11.4 Å². The summed E-state index contributed by atoms with van der Waals surface area (Å²) in [4.78, 5) is 4.47. The standard InChI is InChI=1S/C14H24N4O/c1-3-11-12(4-2)17-18-14(16-11)19-13-9-7-5-6-8-10(13)15/h10,13H,3-9,15H2,1-2H3. The van der Waals surface area contributed by atoms with Gasteiger partial charge in [0.25, 0.3) is 0 Å². The molecule has 1 heterocycles. The van der Waals surface area contributed by atoms with Crippen molar-refractivity contribution in [1.82, 2.24) is 15.2 Å². The van der Waals surface area contributed by atoms with Crippen LogP contribution in [0.1, 0.15) is 57.3 Å². The molecule has 1 aromatic rings. The van der Waals surface area contributed by atoms with Crippen LogP contribution in [-0.2, 0) is 12.8 Å².